The van der Waals surface area contributed by atoms with Gasteiger partial charge in [0.15, 0.2) is 0 Å². The molecule has 4 rings (SSSR count). The lowest BCUT2D eigenvalue weighted by Gasteiger charge is -2.12. The molecule has 3 heterocycles. The maximum atomic E-state index is 5.52. The van der Waals surface area contributed by atoms with Crippen LogP contribution in [0, 0.1) is 6.92 Å². The summed E-state index contributed by atoms with van der Waals surface area (Å²) in [5.74, 6) is 2.01. The van der Waals surface area contributed by atoms with Gasteiger partial charge in [-0.15, -0.1) is 0 Å². The number of imidazole rings is 1. The zero-order chi connectivity index (χ0) is 18.8. The molecule has 0 fully saturated rings. The van der Waals surface area contributed by atoms with E-state index in [2.05, 4.69) is 35.6 Å². The van der Waals surface area contributed by atoms with Gasteiger partial charge in [0.1, 0.15) is 17.1 Å². The van der Waals surface area contributed by atoms with Crippen molar-refractivity contribution in [2.75, 3.05) is 24.8 Å². The minimum Gasteiger partial charge on any atom is -0.496 e. The summed E-state index contributed by atoms with van der Waals surface area (Å²) in [5, 5.41) is 6.28. The van der Waals surface area contributed by atoms with Crippen molar-refractivity contribution in [1.29, 1.82) is 0 Å². The second kappa shape index (κ2) is 6.91. The largest absolute Gasteiger partial charge is 0.496 e. The fourth-order valence-corrected chi connectivity index (χ4v) is 2.85. The van der Waals surface area contributed by atoms with Gasteiger partial charge in [-0.25, -0.2) is 9.97 Å². The molecular weight excluding hydrogens is 342 g/mol. The minimum atomic E-state index is 0.521. The van der Waals surface area contributed by atoms with Gasteiger partial charge in [0.05, 0.1) is 30.8 Å². The fourth-order valence-electron chi connectivity index (χ4n) is 2.85. The highest BCUT2D eigenvalue weighted by Gasteiger charge is 2.11. The van der Waals surface area contributed by atoms with Crippen molar-refractivity contribution >= 4 is 28.5 Å². The van der Waals surface area contributed by atoms with E-state index in [0.29, 0.717) is 5.95 Å². The number of hydrogen-bond donors (Lipinski definition) is 3. The number of nitrogens with zero attached hydrogens (tertiary/aromatic N) is 4. The second-order valence-corrected chi connectivity index (χ2v) is 6.00. The molecule has 0 bridgehead atoms. The zero-order valence-electron chi connectivity index (χ0n) is 15.2. The Balaban J connectivity index is 1.73. The van der Waals surface area contributed by atoms with Crippen molar-refractivity contribution in [3.05, 3.63) is 48.5 Å². The maximum Gasteiger partial charge on any atom is 0.229 e. The van der Waals surface area contributed by atoms with Crippen LogP contribution in [0.3, 0.4) is 0 Å². The first-order chi connectivity index (χ1) is 13.2. The van der Waals surface area contributed by atoms with Crippen molar-refractivity contribution < 1.29 is 4.74 Å². The van der Waals surface area contributed by atoms with Crippen molar-refractivity contribution in [2.45, 2.75) is 6.92 Å². The van der Waals surface area contributed by atoms with Gasteiger partial charge in [0, 0.05) is 30.1 Å². The SMILES string of the molecule is CNc1cc(C)nc(Nc2ccc(OC)c(-c3cc4[nH]cnc4cn3)c2)n1. The van der Waals surface area contributed by atoms with Crippen molar-refractivity contribution in [3.63, 3.8) is 0 Å². The fraction of sp³-hybridized carbons (Fsp3) is 0.158. The van der Waals surface area contributed by atoms with Crippen LogP contribution >= 0.6 is 0 Å². The van der Waals surface area contributed by atoms with Gasteiger partial charge in [-0.05, 0) is 31.2 Å². The molecule has 0 amide bonds. The summed E-state index contributed by atoms with van der Waals surface area (Å²) >= 11 is 0. The lowest BCUT2D eigenvalue weighted by Crippen LogP contribution is -2.02. The molecular formula is C19H19N7O. The molecule has 8 nitrogen and oxygen atoms in total. The number of ether oxygens (including phenoxy) is 1. The third-order valence-corrected chi connectivity index (χ3v) is 4.15. The average molecular weight is 361 g/mol. The molecule has 0 aliphatic heterocycles. The summed E-state index contributed by atoms with van der Waals surface area (Å²) in [6.45, 7) is 1.93. The zero-order valence-corrected chi connectivity index (χ0v) is 15.2. The van der Waals surface area contributed by atoms with Crippen LogP contribution in [0.4, 0.5) is 17.5 Å². The van der Waals surface area contributed by atoms with Gasteiger partial charge < -0.3 is 20.4 Å². The lowest BCUT2D eigenvalue weighted by molar-refractivity contribution is 0.416. The van der Waals surface area contributed by atoms with E-state index in [1.165, 1.54) is 0 Å². The molecule has 0 aliphatic rings. The van der Waals surface area contributed by atoms with E-state index in [1.54, 1.807) is 19.6 Å². The molecule has 136 valence electrons. The molecule has 0 unspecified atom stereocenters. The van der Waals surface area contributed by atoms with Gasteiger partial charge in [-0.2, -0.15) is 4.98 Å². The smallest absolute Gasteiger partial charge is 0.229 e. The predicted octanol–water partition coefficient (Wildman–Crippen LogP) is 3.52. The number of fused-ring (bicyclic) bond motifs is 1. The van der Waals surface area contributed by atoms with Gasteiger partial charge in [-0.1, -0.05) is 0 Å². The van der Waals surface area contributed by atoms with Crippen LogP contribution in [-0.4, -0.2) is 39.1 Å². The quantitative estimate of drug-likeness (QED) is 0.500. The summed E-state index contributed by atoms with van der Waals surface area (Å²) in [5.41, 5.74) is 5.09. The first-order valence-electron chi connectivity index (χ1n) is 8.44. The molecule has 0 saturated carbocycles. The van der Waals surface area contributed by atoms with Crippen molar-refractivity contribution in [1.82, 2.24) is 24.9 Å². The number of H-pyrrole nitrogens is 1. The first kappa shape index (κ1) is 16.8. The monoisotopic (exact) mass is 361 g/mol. The highest BCUT2D eigenvalue weighted by atomic mass is 16.5. The molecule has 0 aliphatic carbocycles. The number of aromatic amines is 1. The first-order valence-corrected chi connectivity index (χ1v) is 8.44. The van der Waals surface area contributed by atoms with Gasteiger partial charge in [0.25, 0.3) is 0 Å². The van der Waals surface area contributed by atoms with Crippen LogP contribution in [0.1, 0.15) is 5.69 Å². The number of aryl methyl sites for hydroxylation is 1. The Morgan fingerprint density at radius 1 is 1.07 bits per heavy atom. The molecule has 3 N–H and O–H groups in total. The number of nitrogens with one attached hydrogen (secondary N) is 3. The van der Waals surface area contributed by atoms with Gasteiger partial charge >= 0.3 is 0 Å². The predicted molar refractivity (Wildman–Crippen MR) is 105 cm³/mol. The van der Waals surface area contributed by atoms with E-state index < -0.39 is 0 Å². The molecule has 27 heavy (non-hydrogen) atoms. The Morgan fingerprint density at radius 3 is 2.78 bits per heavy atom. The standard InChI is InChI=1S/C19H19N7O/c1-11-6-18(20-2)26-19(24-11)25-12-4-5-17(27-3)13(7-12)14-8-15-16(9-21-14)23-10-22-15/h4-10H,1-3H3,(H,22,23)(H2,20,24,25,26). The molecule has 0 spiro atoms. The number of pyridine rings is 1. The Bertz CT molecular complexity index is 1110. The van der Waals surface area contributed by atoms with Crippen LogP contribution in [-0.2, 0) is 0 Å². The van der Waals surface area contributed by atoms with Crippen LogP contribution < -0.4 is 15.4 Å². The van der Waals surface area contributed by atoms with Crippen molar-refractivity contribution in [2.24, 2.45) is 0 Å². The molecule has 0 radical (unpaired) electrons. The summed E-state index contributed by atoms with van der Waals surface area (Å²) in [6, 6.07) is 9.61. The van der Waals surface area contributed by atoms with E-state index in [4.69, 9.17) is 4.74 Å². The Hall–Kier alpha value is -3.68. The number of rotatable bonds is 5. The number of aromatic nitrogens is 5. The molecule has 3 aromatic heterocycles. The normalized spacial score (nSPS) is 10.8. The van der Waals surface area contributed by atoms with E-state index in [-0.39, 0.29) is 0 Å². The summed E-state index contributed by atoms with van der Waals surface area (Å²) in [6.07, 6.45) is 3.39. The highest BCUT2D eigenvalue weighted by molar-refractivity contribution is 5.81. The Labute approximate surface area is 156 Å². The van der Waals surface area contributed by atoms with Crippen LogP contribution in [0.2, 0.25) is 0 Å². The van der Waals surface area contributed by atoms with E-state index >= 15 is 0 Å². The van der Waals surface area contributed by atoms with Crippen LogP contribution in [0.5, 0.6) is 5.75 Å². The van der Waals surface area contributed by atoms with Gasteiger partial charge in [0.2, 0.25) is 5.95 Å². The summed E-state index contributed by atoms with van der Waals surface area (Å²) < 4.78 is 5.52. The number of hydrogen-bond acceptors (Lipinski definition) is 7. The van der Waals surface area contributed by atoms with Crippen LogP contribution in [0.25, 0.3) is 22.3 Å². The Morgan fingerprint density at radius 2 is 1.96 bits per heavy atom. The lowest BCUT2D eigenvalue weighted by atomic mass is 10.1. The van der Waals surface area contributed by atoms with Crippen LogP contribution in [0.15, 0.2) is 42.9 Å². The number of benzene rings is 1. The molecule has 0 atom stereocenters. The maximum absolute atomic E-state index is 5.52. The third-order valence-electron chi connectivity index (χ3n) is 4.15. The minimum absolute atomic E-state index is 0.521. The van der Waals surface area contributed by atoms with E-state index in [0.717, 1.165) is 45.2 Å². The molecule has 1 aromatic carbocycles. The summed E-state index contributed by atoms with van der Waals surface area (Å²) in [4.78, 5) is 20.7. The highest BCUT2D eigenvalue weighted by Crippen LogP contribution is 2.33. The van der Waals surface area contributed by atoms with E-state index in [1.807, 2.05) is 44.3 Å². The van der Waals surface area contributed by atoms with Crippen molar-refractivity contribution in [3.8, 4) is 17.0 Å². The van der Waals surface area contributed by atoms with E-state index in [9.17, 15) is 0 Å². The number of anilines is 3. The Kier molecular flexibility index (Phi) is 4.29. The third kappa shape index (κ3) is 3.37. The second-order valence-electron chi connectivity index (χ2n) is 6.00. The molecule has 8 heteroatoms. The molecule has 4 aromatic rings. The topological polar surface area (TPSA) is 101 Å². The molecule has 0 saturated heterocycles. The summed E-state index contributed by atoms with van der Waals surface area (Å²) in [7, 11) is 3.47. The number of methoxy groups -OCH3 is 1. The average Bonchev–Trinajstić information content (AvgIpc) is 3.15. The van der Waals surface area contributed by atoms with Gasteiger partial charge in [-0.3, -0.25) is 4.98 Å².